The smallest absolute Gasteiger partial charge is 0.220 e. The fourth-order valence-electron chi connectivity index (χ4n) is 1.59. The second kappa shape index (κ2) is 10.5. The van der Waals surface area contributed by atoms with Crippen LogP contribution in [0.15, 0.2) is 0 Å². The first-order chi connectivity index (χ1) is 7.24. The van der Waals surface area contributed by atoms with Gasteiger partial charge in [0.1, 0.15) is 0 Å². The minimum absolute atomic E-state index is 0.215. The van der Waals surface area contributed by atoms with E-state index in [2.05, 4.69) is 35.1 Å². The van der Waals surface area contributed by atoms with Crippen LogP contribution in [0.4, 0.5) is 0 Å². The van der Waals surface area contributed by atoms with E-state index in [1.54, 1.807) is 0 Å². The number of carbonyl (C=O) groups excluding carboxylic acids is 1. The minimum Gasteiger partial charge on any atom is -0.356 e. The predicted octanol–water partition coefficient (Wildman–Crippen LogP) is 3.49. The molecule has 0 aromatic heterocycles. The molecule has 3 heteroatoms. The quantitative estimate of drug-likeness (QED) is 0.643. The van der Waals surface area contributed by atoms with Crippen molar-refractivity contribution in [3.05, 3.63) is 0 Å². The highest BCUT2D eigenvalue weighted by atomic mass is 79.9. The molecular formula is C12H24BrNO. The van der Waals surface area contributed by atoms with Crippen LogP contribution in [0.5, 0.6) is 0 Å². The van der Waals surface area contributed by atoms with E-state index in [1.807, 2.05) is 0 Å². The van der Waals surface area contributed by atoms with Crippen LogP contribution in [0, 0.1) is 5.92 Å². The van der Waals surface area contributed by atoms with E-state index in [0.29, 0.717) is 12.3 Å². The topological polar surface area (TPSA) is 29.1 Å². The molecule has 0 aromatic rings. The van der Waals surface area contributed by atoms with Gasteiger partial charge in [-0.05, 0) is 25.2 Å². The zero-order valence-electron chi connectivity index (χ0n) is 10.0. The molecule has 0 aromatic carbocycles. The summed E-state index contributed by atoms with van der Waals surface area (Å²) in [6.07, 6.45) is 6.34. The van der Waals surface area contributed by atoms with Crippen LogP contribution in [-0.4, -0.2) is 17.8 Å². The van der Waals surface area contributed by atoms with Gasteiger partial charge in [-0.1, -0.05) is 42.6 Å². The maximum absolute atomic E-state index is 11.4. The molecule has 15 heavy (non-hydrogen) atoms. The highest BCUT2D eigenvalue weighted by Crippen LogP contribution is 2.11. The number of hydrogen-bond acceptors (Lipinski definition) is 1. The summed E-state index contributed by atoms with van der Waals surface area (Å²) in [5.74, 6) is 0.854. The van der Waals surface area contributed by atoms with Gasteiger partial charge in [-0.2, -0.15) is 0 Å². The standard InChI is InChI=1S/C12H24BrNO/c1-3-5-7-12(15)14-10-11(6-4-2)8-9-13/h11H,3-10H2,1-2H3,(H,14,15). The van der Waals surface area contributed by atoms with Crippen LogP contribution in [0.3, 0.4) is 0 Å². The number of alkyl halides is 1. The van der Waals surface area contributed by atoms with Crippen LogP contribution in [0.1, 0.15) is 52.4 Å². The summed E-state index contributed by atoms with van der Waals surface area (Å²) in [5.41, 5.74) is 0. The van der Waals surface area contributed by atoms with E-state index in [-0.39, 0.29) is 5.91 Å². The second-order valence-corrected chi connectivity index (χ2v) is 4.83. The summed E-state index contributed by atoms with van der Waals surface area (Å²) in [7, 11) is 0. The lowest BCUT2D eigenvalue weighted by atomic mass is 10.0. The third-order valence-electron chi connectivity index (χ3n) is 2.56. The second-order valence-electron chi connectivity index (χ2n) is 4.04. The molecule has 1 unspecified atom stereocenters. The van der Waals surface area contributed by atoms with E-state index in [0.717, 1.165) is 31.1 Å². The molecule has 0 rings (SSSR count). The Balaban J connectivity index is 3.62. The third kappa shape index (κ3) is 8.91. The van der Waals surface area contributed by atoms with Gasteiger partial charge in [0.05, 0.1) is 0 Å². The van der Waals surface area contributed by atoms with Crippen molar-refractivity contribution in [2.24, 2.45) is 5.92 Å². The number of nitrogens with one attached hydrogen (secondary N) is 1. The molecule has 0 heterocycles. The van der Waals surface area contributed by atoms with Crippen LogP contribution in [0.2, 0.25) is 0 Å². The molecule has 0 aliphatic heterocycles. The molecule has 2 nitrogen and oxygen atoms in total. The Morgan fingerprint density at radius 2 is 2.00 bits per heavy atom. The minimum atomic E-state index is 0.215. The van der Waals surface area contributed by atoms with Crippen LogP contribution in [-0.2, 0) is 4.79 Å². The van der Waals surface area contributed by atoms with Crippen molar-refractivity contribution in [3.63, 3.8) is 0 Å². The Bertz CT molecular complexity index is 156. The summed E-state index contributed by atoms with van der Waals surface area (Å²) in [5, 5.41) is 4.06. The maximum atomic E-state index is 11.4. The highest BCUT2D eigenvalue weighted by Gasteiger charge is 2.08. The summed E-state index contributed by atoms with van der Waals surface area (Å²) in [6.45, 7) is 5.15. The van der Waals surface area contributed by atoms with E-state index >= 15 is 0 Å². The zero-order chi connectivity index (χ0) is 11.5. The lowest BCUT2D eigenvalue weighted by Crippen LogP contribution is -2.29. The molecule has 1 amide bonds. The molecule has 0 aliphatic carbocycles. The Morgan fingerprint density at radius 1 is 1.27 bits per heavy atom. The first kappa shape index (κ1) is 14.9. The number of hydrogen-bond donors (Lipinski definition) is 1. The molecule has 0 saturated carbocycles. The van der Waals surface area contributed by atoms with Gasteiger partial charge in [0, 0.05) is 18.3 Å². The Kier molecular flexibility index (Phi) is 10.4. The predicted molar refractivity (Wildman–Crippen MR) is 69.3 cm³/mol. The number of amides is 1. The SMILES string of the molecule is CCCCC(=O)NCC(CCC)CCBr. The van der Waals surface area contributed by atoms with Crippen molar-refractivity contribution < 1.29 is 4.79 Å². The van der Waals surface area contributed by atoms with Crippen LogP contribution in [0.25, 0.3) is 0 Å². The number of rotatable bonds is 9. The fourth-order valence-corrected chi connectivity index (χ4v) is 2.24. The van der Waals surface area contributed by atoms with Gasteiger partial charge in [-0.3, -0.25) is 4.79 Å². The Labute approximate surface area is 102 Å². The van der Waals surface area contributed by atoms with Crippen molar-refractivity contribution in [1.82, 2.24) is 5.32 Å². The van der Waals surface area contributed by atoms with Crippen molar-refractivity contribution in [3.8, 4) is 0 Å². The van der Waals surface area contributed by atoms with Crippen molar-refractivity contribution in [2.45, 2.75) is 52.4 Å². The van der Waals surface area contributed by atoms with Gasteiger partial charge in [-0.15, -0.1) is 0 Å². The first-order valence-electron chi connectivity index (χ1n) is 6.07. The molecule has 0 saturated heterocycles. The molecule has 0 radical (unpaired) electrons. The Hall–Kier alpha value is -0.0500. The van der Waals surface area contributed by atoms with Gasteiger partial charge < -0.3 is 5.32 Å². The largest absolute Gasteiger partial charge is 0.356 e. The van der Waals surface area contributed by atoms with Crippen LogP contribution >= 0.6 is 15.9 Å². The maximum Gasteiger partial charge on any atom is 0.220 e. The lowest BCUT2D eigenvalue weighted by Gasteiger charge is -2.15. The molecule has 0 spiro atoms. The van der Waals surface area contributed by atoms with Crippen LogP contribution < -0.4 is 5.32 Å². The van der Waals surface area contributed by atoms with Gasteiger partial charge in [0.2, 0.25) is 5.91 Å². The monoisotopic (exact) mass is 277 g/mol. The molecule has 90 valence electrons. The normalized spacial score (nSPS) is 12.5. The highest BCUT2D eigenvalue weighted by molar-refractivity contribution is 9.09. The molecule has 1 atom stereocenters. The van der Waals surface area contributed by atoms with Gasteiger partial charge >= 0.3 is 0 Å². The van der Waals surface area contributed by atoms with E-state index < -0.39 is 0 Å². The summed E-state index contributed by atoms with van der Waals surface area (Å²) in [4.78, 5) is 11.4. The van der Waals surface area contributed by atoms with Crippen molar-refractivity contribution >= 4 is 21.8 Å². The van der Waals surface area contributed by atoms with Crippen molar-refractivity contribution in [1.29, 1.82) is 0 Å². The molecular weight excluding hydrogens is 254 g/mol. The molecule has 1 N–H and O–H groups in total. The Morgan fingerprint density at radius 3 is 2.53 bits per heavy atom. The molecule has 0 bridgehead atoms. The zero-order valence-corrected chi connectivity index (χ0v) is 11.6. The van der Waals surface area contributed by atoms with Gasteiger partial charge in [-0.25, -0.2) is 0 Å². The number of carbonyl (C=O) groups is 1. The van der Waals surface area contributed by atoms with E-state index in [4.69, 9.17) is 0 Å². The molecule has 0 fully saturated rings. The fraction of sp³-hybridized carbons (Fsp3) is 0.917. The van der Waals surface area contributed by atoms with Crippen molar-refractivity contribution in [2.75, 3.05) is 11.9 Å². The van der Waals surface area contributed by atoms with E-state index in [9.17, 15) is 4.79 Å². The lowest BCUT2D eigenvalue weighted by molar-refractivity contribution is -0.121. The average Bonchev–Trinajstić information content (AvgIpc) is 2.23. The summed E-state index contributed by atoms with van der Waals surface area (Å²) >= 11 is 3.46. The molecule has 0 aliphatic rings. The summed E-state index contributed by atoms with van der Waals surface area (Å²) < 4.78 is 0. The summed E-state index contributed by atoms with van der Waals surface area (Å²) in [6, 6.07) is 0. The third-order valence-corrected chi connectivity index (χ3v) is 3.02. The average molecular weight is 278 g/mol. The number of unbranched alkanes of at least 4 members (excludes halogenated alkanes) is 1. The first-order valence-corrected chi connectivity index (χ1v) is 7.19. The van der Waals surface area contributed by atoms with E-state index in [1.165, 1.54) is 12.8 Å². The number of halogens is 1. The van der Waals surface area contributed by atoms with Gasteiger partial charge in [0.25, 0.3) is 0 Å². The van der Waals surface area contributed by atoms with Gasteiger partial charge in [0.15, 0.2) is 0 Å².